The number of aromatic nitrogens is 3. The number of methoxy groups -OCH3 is 2. The summed E-state index contributed by atoms with van der Waals surface area (Å²) < 4.78 is 13.3. The normalized spacial score (nSPS) is 15.3. The number of nitrogens with zero attached hydrogens (tertiary/aromatic N) is 3. The average Bonchev–Trinajstić information content (AvgIpc) is 3.20. The minimum atomic E-state index is -0.439. The number of benzene rings is 2. The first-order valence-electron chi connectivity index (χ1n) is 9.18. The Bertz CT molecular complexity index is 1140. The van der Waals surface area contributed by atoms with Crippen molar-refractivity contribution in [3.63, 3.8) is 0 Å². The Morgan fingerprint density at radius 3 is 2.77 bits per heavy atom. The van der Waals surface area contributed by atoms with Gasteiger partial charge in [-0.05, 0) is 36.8 Å². The highest BCUT2D eigenvalue weighted by Gasteiger charge is 2.33. The first-order chi connectivity index (χ1) is 14.5. The van der Waals surface area contributed by atoms with Crippen molar-refractivity contribution in [3.8, 4) is 11.5 Å². The third-order valence-electron chi connectivity index (χ3n) is 4.86. The van der Waals surface area contributed by atoms with Crippen molar-refractivity contribution in [2.24, 2.45) is 0 Å². The summed E-state index contributed by atoms with van der Waals surface area (Å²) in [5, 5.41) is 10.5. The number of nitrogens with one attached hydrogen (secondary N) is 2. The summed E-state index contributed by atoms with van der Waals surface area (Å²) in [6.07, 6.45) is 1.47. The summed E-state index contributed by atoms with van der Waals surface area (Å²) in [4.78, 5) is 17.7. The molecule has 0 radical (unpaired) electrons. The quantitative estimate of drug-likeness (QED) is 0.587. The smallest absolute Gasteiger partial charge is 0.255 e. The fourth-order valence-corrected chi connectivity index (χ4v) is 3.88. The number of hydrogen-bond acceptors (Lipinski definition) is 6. The number of hydrogen-bond donors (Lipinski definition) is 2. The maximum atomic E-state index is 13.4. The molecule has 2 aromatic carbocycles. The summed E-state index contributed by atoms with van der Waals surface area (Å²) in [6.45, 7) is 1.85. The number of fused-ring (bicyclic) bond motifs is 1. The van der Waals surface area contributed by atoms with Crippen LogP contribution in [0.1, 0.15) is 18.5 Å². The van der Waals surface area contributed by atoms with E-state index in [0.29, 0.717) is 34.4 Å². The van der Waals surface area contributed by atoms with Crippen LogP contribution in [0, 0.1) is 0 Å². The van der Waals surface area contributed by atoms with Crippen LogP contribution in [0.2, 0.25) is 0 Å². The Labute approximate surface area is 182 Å². The van der Waals surface area contributed by atoms with Gasteiger partial charge in [-0.3, -0.25) is 4.79 Å². The van der Waals surface area contributed by atoms with Crippen molar-refractivity contribution in [2.45, 2.75) is 13.0 Å². The van der Waals surface area contributed by atoms with Gasteiger partial charge in [0.15, 0.2) is 0 Å². The molecule has 1 atom stereocenters. The van der Waals surface area contributed by atoms with E-state index in [4.69, 9.17) is 9.47 Å². The molecule has 8 nitrogen and oxygen atoms in total. The molecule has 30 heavy (non-hydrogen) atoms. The zero-order valence-corrected chi connectivity index (χ0v) is 18.2. The van der Waals surface area contributed by atoms with E-state index >= 15 is 0 Å². The Balaban J connectivity index is 1.75. The van der Waals surface area contributed by atoms with Gasteiger partial charge in [0.1, 0.15) is 23.9 Å². The van der Waals surface area contributed by atoms with Gasteiger partial charge >= 0.3 is 0 Å². The third-order valence-corrected chi connectivity index (χ3v) is 5.35. The second-order valence-corrected chi connectivity index (χ2v) is 7.59. The summed E-state index contributed by atoms with van der Waals surface area (Å²) in [6, 6.07) is 12.6. The molecule has 0 saturated heterocycles. The molecule has 4 rings (SSSR count). The van der Waals surface area contributed by atoms with Crippen LogP contribution in [-0.4, -0.2) is 34.9 Å². The van der Waals surface area contributed by atoms with Gasteiger partial charge in [0.05, 0.1) is 25.5 Å². The zero-order valence-electron chi connectivity index (χ0n) is 16.6. The molecule has 3 aromatic rings. The molecule has 2 heterocycles. The van der Waals surface area contributed by atoms with Crippen molar-refractivity contribution < 1.29 is 14.3 Å². The minimum Gasteiger partial charge on any atom is -0.497 e. The molecule has 2 N–H and O–H groups in total. The van der Waals surface area contributed by atoms with Gasteiger partial charge < -0.3 is 20.1 Å². The van der Waals surface area contributed by atoms with E-state index in [0.717, 1.165) is 10.0 Å². The van der Waals surface area contributed by atoms with Crippen molar-refractivity contribution >= 4 is 33.5 Å². The average molecular weight is 470 g/mol. The molecule has 0 bridgehead atoms. The van der Waals surface area contributed by atoms with Gasteiger partial charge in [0.25, 0.3) is 5.91 Å². The van der Waals surface area contributed by atoms with E-state index in [1.807, 2.05) is 31.2 Å². The Hall–Kier alpha value is -3.33. The lowest BCUT2D eigenvalue weighted by Gasteiger charge is -2.29. The molecular formula is C21H20BrN5O3. The molecule has 0 spiro atoms. The predicted octanol–water partition coefficient (Wildman–Crippen LogP) is 3.99. The second-order valence-electron chi connectivity index (χ2n) is 6.67. The van der Waals surface area contributed by atoms with Crippen LogP contribution >= 0.6 is 15.9 Å². The van der Waals surface area contributed by atoms with Crippen molar-refractivity contribution in [3.05, 3.63) is 70.1 Å². The van der Waals surface area contributed by atoms with Crippen LogP contribution in [0.15, 0.2) is 64.5 Å². The highest BCUT2D eigenvalue weighted by Crippen LogP contribution is 2.37. The summed E-state index contributed by atoms with van der Waals surface area (Å²) in [5.74, 6) is 1.45. The molecule has 0 unspecified atom stereocenters. The highest BCUT2D eigenvalue weighted by molar-refractivity contribution is 9.10. The van der Waals surface area contributed by atoms with Gasteiger partial charge in [-0.2, -0.15) is 10.1 Å². The van der Waals surface area contributed by atoms with Crippen molar-refractivity contribution in [1.29, 1.82) is 0 Å². The maximum Gasteiger partial charge on any atom is 0.255 e. The van der Waals surface area contributed by atoms with Gasteiger partial charge in [0, 0.05) is 16.2 Å². The molecule has 0 saturated carbocycles. The van der Waals surface area contributed by atoms with E-state index in [-0.39, 0.29) is 5.91 Å². The Morgan fingerprint density at radius 1 is 1.20 bits per heavy atom. The highest BCUT2D eigenvalue weighted by atomic mass is 79.9. The van der Waals surface area contributed by atoms with Crippen LogP contribution in [-0.2, 0) is 4.79 Å². The third kappa shape index (κ3) is 3.63. The molecule has 0 aliphatic carbocycles. The van der Waals surface area contributed by atoms with Crippen LogP contribution in [0.5, 0.6) is 11.5 Å². The molecule has 154 valence electrons. The lowest BCUT2D eigenvalue weighted by atomic mass is 9.95. The van der Waals surface area contributed by atoms with Gasteiger partial charge in [-0.1, -0.05) is 28.1 Å². The van der Waals surface area contributed by atoms with Crippen LogP contribution in [0.3, 0.4) is 0 Å². The molecule has 9 heteroatoms. The summed E-state index contributed by atoms with van der Waals surface area (Å²) >= 11 is 3.51. The van der Waals surface area contributed by atoms with E-state index in [1.165, 1.54) is 6.33 Å². The Kier molecular flexibility index (Phi) is 5.45. The van der Waals surface area contributed by atoms with Gasteiger partial charge in [-0.15, -0.1) is 0 Å². The number of amides is 1. The topological polar surface area (TPSA) is 90.3 Å². The largest absolute Gasteiger partial charge is 0.497 e. The summed E-state index contributed by atoms with van der Waals surface area (Å²) in [7, 11) is 3.12. The number of ether oxygens (including phenoxy) is 2. The van der Waals surface area contributed by atoms with E-state index in [9.17, 15) is 4.79 Å². The van der Waals surface area contributed by atoms with Gasteiger partial charge in [-0.25, -0.2) is 4.68 Å². The lowest BCUT2D eigenvalue weighted by molar-refractivity contribution is -0.113. The monoisotopic (exact) mass is 469 g/mol. The number of carbonyl (C=O) groups excluding carboxylic acids is 1. The maximum absolute atomic E-state index is 13.4. The molecule has 1 aromatic heterocycles. The molecule has 0 fully saturated rings. The number of rotatable bonds is 5. The number of anilines is 2. The van der Waals surface area contributed by atoms with Crippen LogP contribution in [0.25, 0.3) is 0 Å². The van der Waals surface area contributed by atoms with E-state index in [2.05, 4.69) is 36.6 Å². The summed E-state index contributed by atoms with van der Waals surface area (Å²) in [5.41, 5.74) is 2.68. The fraction of sp³-hybridized carbons (Fsp3) is 0.190. The molecular weight excluding hydrogens is 450 g/mol. The zero-order chi connectivity index (χ0) is 21.3. The van der Waals surface area contributed by atoms with Crippen molar-refractivity contribution in [2.75, 3.05) is 24.9 Å². The second kappa shape index (κ2) is 8.19. The standard InChI is InChI=1S/C21H20BrN5O3/c1-12-18(20(28)26-16-8-7-15(29-2)10-17(16)30-3)19(13-5-4-6-14(22)9-13)27-21(25-12)23-11-24-27/h4-11,19H,1-3H3,(H,26,28)(H,23,24,25)/t19-/m1/s1. The molecule has 1 aliphatic rings. The first-order valence-corrected chi connectivity index (χ1v) is 9.97. The number of carbonyl (C=O) groups is 1. The van der Waals surface area contributed by atoms with Crippen molar-refractivity contribution in [1.82, 2.24) is 14.8 Å². The number of halogens is 1. The lowest BCUT2D eigenvalue weighted by Crippen LogP contribution is -2.31. The van der Waals surface area contributed by atoms with Crippen LogP contribution in [0.4, 0.5) is 11.6 Å². The predicted molar refractivity (Wildman–Crippen MR) is 117 cm³/mol. The van der Waals surface area contributed by atoms with Crippen LogP contribution < -0.4 is 20.1 Å². The fourth-order valence-electron chi connectivity index (χ4n) is 3.46. The van der Waals surface area contributed by atoms with E-state index < -0.39 is 6.04 Å². The minimum absolute atomic E-state index is 0.269. The Morgan fingerprint density at radius 2 is 2.03 bits per heavy atom. The molecule has 1 aliphatic heterocycles. The van der Waals surface area contributed by atoms with E-state index in [1.54, 1.807) is 37.1 Å². The number of allylic oxidation sites excluding steroid dienone is 1. The SMILES string of the molecule is COc1ccc(NC(=O)C2=C(C)Nc3ncnn3[C@@H]2c2cccc(Br)c2)c(OC)c1. The first kappa shape index (κ1) is 20.0. The van der Waals surface area contributed by atoms with Gasteiger partial charge in [0.2, 0.25) is 5.95 Å². The molecule has 1 amide bonds.